The van der Waals surface area contributed by atoms with Gasteiger partial charge in [0.15, 0.2) is 0 Å². The minimum absolute atomic E-state index is 0.376. The molecule has 0 atom stereocenters. The third kappa shape index (κ3) is 2.16. The van der Waals surface area contributed by atoms with Crippen molar-refractivity contribution in [3.63, 3.8) is 0 Å². The Balaban J connectivity index is 2.98. The molecule has 0 aliphatic carbocycles. The number of aromatic nitrogens is 1. The molecule has 1 aromatic heterocycles. The van der Waals surface area contributed by atoms with Gasteiger partial charge in [0.2, 0.25) is 0 Å². The predicted octanol–water partition coefficient (Wildman–Crippen LogP) is 0.267. The Morgan fingerprint density at radius 2 is 2.31 bits per heavy atom. The molecule has 0 saturated heterocycles. The first-order chi connectivity index (χ1) is 6.15. The molecule has 0 saturated carbocycles. The van der Waals surface area contributed by atoms with Gasteiger partial charge in [-0.15, -0.1) is 0 Å². The molecular weight excluding hydrogens is 170 g/mol. The molecule has 0 spiro atoms. The predicted molar refractivity (Wildman–Crippen MR) is 47.8 cm³/mol. The number of hydrogen-bond donors (Lipinski definition) is 2. The van der Waals surface area contributed by atoms with Crippen LogP contribution in [0.4, 0.5) is 5.82 Å². The quantitative estimate of drug-likeness (QED) is 0.507. The summed E-state index contributed by atoms with van der Waals surface area (Å²) in [7, 11) is 3.64. The maximum absolute atomic E-state index is 11.0. The minimum Gasteiger partial charge on any atom is -0.363 e. The molecule has 13 heavy (non-hydrogen) atoms. The van der Waals surface area contributed by atoms with Gasteiger partial charge in [-0.1, -0.05) is 0 Å². The number of nitrogens with zero attached hydrogens (tertiary/aromatic N) is 2. The standard InChI is InChI=1S/C8H11N3O2/c1-11(2)7-5-6(3-4-9-7)8(12)10-13/h3-5,13H,1-2H3,(H,10,12). The first kappa shape index (κ1) is 9.47. The highest BCUT2D eigenvalue weighted by atomic mass is 16.5. The van der Waals surface area contributed by atoms with E-state index < -0.39 is 5.91 Å². The summed E-state index contributed by atoms with van der Waals surface area (Å²) in [6, 6.07) is 3.12. The number of anilines is 1. The maximum atomic E-state index is 11.0. The van der Waals surface area contributed by atoms with E-state index in [1.165, 1.54) is 12.3 Å². The molecule has 1 rings (SSSR count). The molecule has 0 aromatic carbocycles. The Hall–Kier alpha value is -1.62. The number of carbonyl (C=O) groups excluding carboxylic acids is 1. The lowest BCUT2D eigenvalue weighted by molar-refractivity contribution is 0.0706. The molecule has 0 radical (unpaired) electrons. The van der Waals surface area contributed by atoms with Crippen molar-refractivity contribution in [2.75, 3.05) is 19.0 Å². The average Bonchev–Trinajstić information content (AvgIpc) is 2.17. The van der Waals surface area contributed by atoms with E-state index in [1.54, 1.807) is 16.4 Å². The molecule has 0 bridgehead atoms. The molecular formula is C8H11N3O2. The topological polar surface area (TPSA) is 65.5 Å². The third-order valence-corrected chi connectivity index (χ3v) is 1.57. The van der Waals surface area contributed by atoms with Crippen LogP contribution in [0.25, 0.3) is 0 Å². The van der Waals surface area contributed by atoms with Crippen LogP contribution in [0, 0.1) is 0 Å². The van der Waals surface area contributed by atoms with Crippen LogP contribution in [0.15, 0.2) is 18.3 Å². The molecule has 0 aliphatic rings. The zero-order valence-electron chi connectivity index (χ0n) is 7.48. The molecule has 1 amide bonds. The van der Waals surface area contributed by atoms with Crippen LogP contribution >= 0.6 is 0 Å². The number of amides is 1. The van der Waals surface area contributed by atoms with Gasteiger partial charge >= 0.3 is 0 Å². The van der Waals surface area contributed by atoms with Crippen LogP contribution in [0.2, 0.25) is 0 Å². The number of carbonyl (C=O) groups is 1. The molecule has 5 nitrogen and oxygen atoms in total. The van der Waals surface area contributed by atoms with E-state index in [2.05, 4.69) is 4.98 Å². The summed E-state index contributed by atoms with van der Waals surface area (Å²) in [5, 5.41) is 8.38. The van der Waals surface area contributed by atoms with Crippen molar-refractivity contribution in [1.29, 1.82) is 0 Å². The highest BCUT2D eigenvalue weighted by Crippen LogP contribution is 2.08. The van der Waals surface area contributed by atoms with Crippen molar-refractivity contribution in [3.05, 3.63) is 23.9 Å². The zero-order chi connectivity index (χ0) is 9.84. The summed E-state index contributed by atoms with van der Waals surface area (Å²) in [6.45, 7) is 0. The van der Waals surface area contributed by atoms with Gasteiger partial charge in [-0.2, -0.15) is 0 Å². The summed E-state index contributed by atoms with van der Waals surface area (Å²) in [6.07, 6.45) is 1.51. The van der Waals surface area contributed by atoms with Crippen molar-refractivity contribution in [2.45, 2.75) is 0 Å². The number of pyridine rings is 1. The Labute approximate surface area is 76.0 Å². The van der Waals surface area contributed by atoms with Crippen molar-refractivity contribution in [2.24, 2.45) is 0 Å². The van der Waals surface area contributed by atoms with Crippen LogP contribution in [-0.2, 0) is 0 Å². The van der Waals surface area contributed by atoms with E-state index in [-0.39, 0.29) is 0 Å². The number of hydroxylamine groups is 1. The Morgan fingerprint density at radius 3 is 2.85 bits per heavy atom. The highest BCUT2D eigenvalue weighted by Gasteiger charge is 2.05. The van der Waals surface area contributed by atoms with Crippen LogP contribution in [0.3, 0.4) is 0 Å². The Morgan fingerprint density at radius 1 is 1.62 bits per heavy atom. The molecule has 5 heteroatoms. The van der Waals surface area contributed by atoms with Gasteiger partial charge in [0, 0.05) is 25.9 Å². The first-order valence-electron chi connectivity index (χ1n) is 3.73. The average molecular weight is 181 g/mol. The van der Waals surface area contributed by atoms with E-state index in [4.69, 9.17) is 5.21 Å². The van der Waals surface area contributed by atoms with Gasteiger partial charge in [0.05, 0.1) is 0 Å². The second-order valence-electron chi connectivity index (χ2n) is 2.74. The fraction of sp³-hybridized carbons (Fsp3) is 0.250. The fourth-order valence-corrected chi connectivity index (χ4v) is 0.869. The van der Waals surface area contributed by atoms with Crippen LogP contribution < -0.4 is 10.4 Å². The van der Waals surface area contributed by atoms with Gasteiger partial charge in [-0.05, 0) is 12.1 Å². The largest absolute Gasteiger partial charge is 0.363 e. The van der Waals surface area contributed by atoms with Crippen molar-refractivity contribution < 1.29 is 10.0 Å². The van der Waals surface area contributed by atoms with E-state index in [9.17, 15) is 4.79 Å². The third-order valence-electron chi connectivity index (χ3n) is 1.57. The molecule has 0 unspecified atom stereocenters. The summed E-state index contributed by atoms with van der Waals surface area (Å²) in [5.74, 6) is 0.131. The maximum Gasteiger partial charge on any atom is 0.274 e. The smallest absolute Gasteiger partial charge is 0.274 e. The Bertz CT molecular complexity index is 312. The van der Waals surface area contributed by atoms with Gasteiger partial charge in [-0.3, -0.25) is 10.0 Å². The monoisotopic (exact) mass is 181 g/mol. The van der Waals surface area contributed by atoms with Gasteiger partial charge < -0.3 is 4.90 Å². The summed E-state index contributed by atoms with van der Waals surface area (Å²) < 4.78 is 0. The number of hydrogen-bond acceptors (Lipinski definition) is 4. The number of rotatable bonds is 2. The lowest BCUT2D eigenvalue weighted by atomic mass is 10.2. The summed E-state index contributed by atoms with van der Waals surface area (Å²) in [5.41, 5.74) is 1.94. The van der Waals surface area contributed by atoms with E-state index >= 15 is 0 Å². The molecule has 1 aromatic rings. The normalized spacial score (nSPS) is 9.46. The number of nitrogens with one attached hydrogen (secondary N) is 1. The summed E-state index contributed by atoms with van der Waals surface area (Å²) >= 11 is 0. The second kappa shape index (κ2) is 3.86. The molecule has 0 fully saturated rings. The SMILES string of the molecule is CN(C)c1cc(C(=O)NO)ccn1. The minimum atomic E-state index is -0.537. The lowest BCUT2D eigenvalue weighted by Gasteiger charge is -2.11. The summed E-state index contributed by atoms with van der Waals surface area (Å²) in [4.78, 5) is 16.8. The van der Waals surface area contributed by atoms with Crippen LogP contribution in [-0.4, -0.2) is 30.2 Å². The first-order valence-corrected chi connectivity index (χ1v) is 3.73. The Kier molecular flexibility index (Phi) is 2.81. The van der Waals surface area contributed by atoms with Crippen LogP contribution in [0.1, 0.15) is 10.4 Å². The second-order valence-corrected chi connectivity index (χ2v) is 2.74. The van der Waals surface area contributed by atoms with Crippen LogP contribution in [0.5, 0.6) is 0 Å². The molecule has 2 N–H and O–H groups in total. The zero-order valence-corrected chi connectivity index (χ0v) is 7.48. The molecule has 70 valence electrons. The molecule has 0 aliphatic heterocycles. The van der Waals surface area contributed by atoms with Crippen molar-refractivity contribution in [3.8, 4) is 0 Å². The van der Waals surface area contributed by atoms with Gasteiger partial charge in [0.1, 0.15) is 5.82 Å². The lowest BCUT2D eigenvalue weighted by Crippen LogP contribution is -2.19. The molecule has 1 heterocycles. The fourth-order valence-electron chi connectivity index (χ4n) is 0.869. The van der Waals surface area contributed by atoms with Gasteiger partial charge in [-0.25, -0.2) is 10.5 Å². The van der Waals surface area contributed by atoms with E-state index in [0.717, 1.165) is 0 Å². The van der Waals surface area contributed by atoms with Crippen molar-refractivity contribution in [1.82, 2.24) is 10.5 Å². The van der Waals surface area contributed by atoms with Gasteiger partial charge in [0.25, 0.3) is 5.91 Å². The van der Waals surface area contributed by atoms with E-state index in [0.29, 0.717) is 11.4 Å². The van der Waals surface area contributed by atoms with E-state index in [1.807, 2.05) is 14.1 Å². The van der Waals surface area contributed by atoms with Crippen molar-refractivity contribution >= 4 is 11.7 Å². The highest BCUT2D eigenvalue weighted by molar-refractivity contribution is 5.93.